The van der Waals surface area contributed by atoms with Gasteiger partial charge in [0.15, 0.2) is 53.8 Å². The third-order valence-electron chi connectivity index (χ3n) is 19.2. The van der Waals surface area contributed by atoms with Gasteiger partial charge in [0, 0.05) is 90.0 Å². The van der Waals surface area contributed by atoms with Crippen molar-refractivity contribution in [2.45, 2.75) is 107 Å². The van der Waals surface area contributed by atoms with Crippen LogP contribution in [0.2, 0.25) is 15.1 Å². The molecule has 16 rings (SSSR count). The van der Waals surface area contributed by atoms with E-state index in [1.165, 1.54) is 0 Å². The van der Waals surface area contributed by atoms with E-state index in [0.29, 0.717) is 102 Å². The smallest absolute Gasteiger partial charge is 0.301 e. The van der Waals surface area contributed by atoms with Gasteiger partial charge in [-0.1, -0.05) is 158 Å². The first-order valence-corrected chi connectivity index (χ1v) is 45.1. The Balaban J connectivity index is 0.000000142. The summed E-state index contributed by atoms with van der Waals surface area (Å²) in [6.07, 6.45) is 5.13. The molecule has 114 heavy (non-hydrogen) atoms. The van der Waals surface area contributed by atoms with Crippen LogP contribution in [0, 0.1) is 0 Å². The predicted molar refractivity (Wildman–Crippen MR) is 443 cm³/mol. The summed E-state index contributed by atoms with van der Waals surface area (Å²) >= 11 is 19.8. The molecule has 0 aliphatic carbocycles. The van der Waals surface area contributed by atoms with Crippen LogP contribution in [0.25, 0.3) is 101 Å². The SMILES string of the molecule is CC[C@H]1OC[C@@H](Oc2nc3cc(Cl)c(-c4ccc(-c5ccc(N=S(C)(C)=O)cc5)cc4)nc3n2C2CCCCO2)[C@H]1F.CC[C@H]1OC[C@@H](Oc2nc3nc(-c4ccc(-c5ccc(N=S(C)(C)=O)cc5)cc4)c(Cl)cc3[nH]2)[C@H]1F.CS(C)(=O)=Nc1ccc(-c2ccc(-c3nc4nc(O[C@@H]5CO[C@H](CO)[C@@H]5F)[nH]c4cc3Cl)cc2)cc1. The summed E-state index contributed by atoms with van der Waals surface area (Å²) in [5.41, 5.74) is 15.4. The van der Waals surface area contributed by atoms with Gasteiger partial charge in [0.2, 0.25) is 0 Å². The minimum absolute atomic E-state index is 0.0182. The lowest BCUT2D eigenvalue weighted by Gasteiger charge is -2.26. The number of aliphatic hydroxyl groups excluding tert-OH is 1. The van der Waals surface area contributed by atoms with Crippen molar-refractivity contribution in [3.63, 3.8) is 0 Å². The molecule has 6 aromatic heterocycles. The highest BCUT2D eigenvalue weighted by Gasteiger charge is 2.42. The number of ether oxygens (including phenoxy) is 7. The Hall–Kier alpha value is -9.11. The zero-order chi connectivity index (χ0) is 80.3. The van der Waals surface area contributed by atoms with Gasteiger partial charge in [-0.05, 0) is 120 Å². The Labute approximate surface area is 673 Å². The summed E-state index contributed by atoms with van der Waals surface area (Å²) in [5, 5.41) is 10.5. The van der Waals surface area contributed by atoms with E-state index in [9.17, 15) is 25.8 Å². The van der Waals surface area contributed by atoms with Crippen molar-refractivity contribution in [3.8, 4) is 85.2 Å². The van der Waals surface area contributed by atoms with Crippen LogP contribution < -0.4 is 14.2 Å². The van der Waals surface area contributed by atoms with Gasteiger partial charge in [-0.3, -0.25) is 4.57 Å². The van der Waals surface area contributed by atoms with Gasteiger partial charge >= 0.3 is 6.01 Å². The van der Waals surface area contributed by atoms with E-state index in [-0.39, 0.29) is 44.1 Å². The molecule has 32 heteroatoms. The standard InChI is InChI=1S/C31H34ClFN4O4S.C26H26ClFN4O3S.C25H24ClFN4O4S/c1-4-25-28(33)26(18-40-25)41-31-34-24-17-23(32)29(35-30(24)37(31)27-7-5-6-16-39-27)21-10-8-19(9-11-21)20-12-14-22(15-13-20)36-42(2,3)38;1-4-21-23(28)22(14-34-21)35-26-29-20-13-19(27)24(30-25(20)31-26)17-7-5-15(6-8-17)16-9-11-18(12-10-16)32-36(2,3)33;1-36(2,33)31-17-9-7-15(8-10-17)14-3-5-16(6-4-14)23-18(26)11-19-24(29-23)30-25(28-19)35-21-13-34-20(12-32)22(21)27/h8-15,17,25-28H,4-7,16,18H2,1-3H3;5-13,21-23H,4,14H2,1-3H3,(H,29,30,31);3-11,20-22,32H,12-13H2,1-2H3,(H,28,29,30)/t25-,26-,27?,28+;21-,22-,23+;20-,21-,22+/m111/s1. The summed E-state index contributed by atoms with van der Waals surface area (Å²) < 4.78 is 134. The molecular weight excluding hydrogens is 1590 g/mol. The predicted octanol–water partition coefficient (Wildman–Crippen LogP) is 18.4. The van der Waals surface area contributed by atoms with Crippen LogP contribution in [0.3, 0.4) is 0 Å². The van der Waals surface area contributed by atoms with Gasteiger partial charge in [-0.2, -0.15) is 28.0 Å². The van der Waals surface area contributed by atoms with Gasteiger partial charge in [-0.15, -0.1) is 0 Å². The van der Waals surface area contributed by atoms with E-state index in [4.69, 9.17) is 78.1 Å². The largest absolute Gasteiger partial charge is 0.456 e. The van der Waals surface area contributed by atoms with Crippen molar-refractivity contribution < 1.29 is 64.1 Å². The third-order valence-corrected chi connectivity index (χ3v) is 22.0. The Morgan fingerprint density at radius 2 is 0.798 bits per heavy atom. The highest BCUT2D eigenvalue weighted by Crippen LogP contribution is 2.40. The molecule has 6 aromatic carbocycles. The van der Waals surface area contributed by atoms with Crippen molar-refractivity contribution in [3.05, 3.63) is 179 Å². The summed E-state index contributed by atoms with van der Waals surface area (Å²) in [7, 11) is -6.64. The number of aromatic nitrogens is 9. The molecule has 4 aliphatic heterocycles. The molecule has 0 radical (unpaired) electrons. The number of aliphatic hydroxyl groups is 1. The number of halogens is 6. The highest BCUT2D eigenvalue weighted by atomic mass is 35.5. The molecule has 10 heterocycles. The lowest BCUT2D eigenvalue weighted by Crippen LogP contribution is -2.32. The molecule has 12 aromatic rings. The average Bonchev–Trinajstić information content (AvgIpc) is 1.48. The fraction of sp³-hybridized carbons (Fsp3) is 0.341. The lowest BCUT2D eigenvalue weighted by molar-refractivity contribution is -0.0371. The number of hydrogen-bond acceptors (Lipinski definition) is 20. The number of alkyl halides is 3. The second-order valence-corrected chi connectivity index (χ2v) is 37.7. The van der Waals surface area contributed by atoms with Crippen LogP contribution in [-0.2, 0) is 48.1 Å². The first-order valence-electron chi connectivity index (χ1n) is 36.9. The topological polar surface area (TPSA) is 287 Å². The molecule has 1 unspecified atom stereocenters. The van der Waals surface area contributed by atoms with Crippen LogP contribution >= 0.6 is 34.8 Å². The molecule has 4 fully saturated rings. The maximum absolute atomic E-state index is 15.0. The molecule has 10 atom stereocenters. The third kappa shape index (κ3) is 19.4. The molecule has 4 aliphatic rings. The van der Waals surface area contributed by atoms with Gasteiger partial charge in [0.1, 0.15) is 17.8 Å². The number of pyridine rings is 3. The number of nitrogens with one attached hydrogen (secondary N) is 2. The maximum atomic E-state index is 15.0. The van der Waals surface area contributed by atoms with Crippen LogP contribution in [0.4, 0.5) is 30.2 Å². The first kappa shape index (κ1) is 81.5. The summed E-state index contributed by atoms with van der Waals surface area (Å²) in [5.74, 6) is 0. The first-order chi connectivity index (χ1) is 54.6. The number of aromatic amines is 2. The Morgan fingerprint density at radius 3 is 1.14 bits per heavy atom. The van der Waals surface area contributed by atoms with Crippen LogP contribution in [-0.4, -0.2) is 188 Å². The molecule has 4 saturated heterocycles. The normalized spacial score (nSPS) is 21.1. The number of rotatable bonds is 19. The van der Waals surface area contributed by atoms with E-state index in [1.54, 1.807) is 55.7 Å². The van der Waals surface area contributed by atoms with Crippen molar-refractivity contribution in [2.24, 2.45) is 13.1 Å². The van der Waals surface area contributed by atoms with Crippen molar-refractivity contribution in [1.29, 1.82) is 0 Å². The second-order valence-electron chi connectivity index (χ2n) is 28.8. The molecular formula is C82H84Cl3F3N12O11S3. The molecule has 0 saturated carbocycles. The minimum Gasteiger partial charge on any atom is -0.456 e. The molecule has 23 nitrogen and oxygen atoms in total. The van der Waals surface area contributed by atoms with E-state index < -0.39 is 90.9 Å². The Bertz CT molecular complexity index is 5610. The molecule has 3 N–H and O–H groups in total. The van der Waals surface area contributed by atoms with Crippen LogP contribution in [0.1, 0.15) is 52.2 Å². The zero-order valence-electron chi connectivity index (χ0n) is 63.4. The molecule has 0 amide bonds. The van der Waals surface area contributed by atoms with Gasteiger partial charge in [0.25, 0.3) is 12.0 Å². The van der Waals surface area contributed by atoms with Crippen molar-refractivity contribution in [2.75, 3.05) is 70.6 Å². The van der Waals surface area contributed by atoms with E-state index in [1.807, 2.05) is 164 Å². The number of benzene rings is 6. The zero-order valence-corrected chi connectivity index (χ0v) is 68.1. The minimum atomic E-state index is -2.22. The quantitative estimate of drug-likeness (QED) is 0.0678. The fourth-order valence-corrected chi connectivity index (χ4v) is 16.3. The Morgan fingerprint density at radius 1 is 0.456 bits per heavy atom. The van der Waals surface area contributed by atoms with Gasteiger partial charge in [0.05, 0.1) is 98.9 Å². The number of H-pyrrole nitrogens is 2. The lowest BCUT2D eigenvalue weighted by atomic mass is 10.0. The molecule has 0 bridgehead atoms. The van der Waals surface area contributed by atoms with Crippen molar-refractivity contribution >= 4 is 115 Å². The summed E-state index contributed by atoms with van der Waals surface area (Å²) in [4.78, 5) is 33.5. The van der Waals surface area contributed by atoms with E-state index in [2.05, 4.69) is 48.0 Å². The number of hydrogen-bond donors (Lipinski definition) is 3. The second kappa shape index (κ2) is 34.8. The number of fused-ring (bicyclic) bond motifs is 3. The number of nitrogens with zero attached hydrogens (tertiary/aromatic N) is 10. The fourth-order valence-electron chi connectivity index (χ4n) is 13.6. The Kier molecular flexibility index (Phi) is 24.8. The van der Waals surface area contributed by atoms with E-state index in [0.717, 1.165) is 69.3 Å². The van der Waals surface area contributed by atoms with Crippen molar-refractivity contribution in [1.82, 2.24) is 44.4 Å². The van der Waals surface area contributed by atoms with Crippen LogP contribution in [0.5, 0.6) is 18.0 Å². The maximum Gasteiger partial charge on any atom is 0.301 e. The average molecular weight is 1670 g/mol. The summed E-state index contributed by atoms with van der Waals surface area (Å²) in [6, 6.07) is 52.1. The highest BCUT2D eigenvalue weighted by molar-refractivity contribution is 7.92. The number of imidazole rings is 3. The van der Waals surface area contributed by atoms with Gasteiger partial charge in [-0.25, -0.2) is 40.7 Å². The van der Waals surface area contributed by atoms with E-state index >= 15 is 0 Å². The molecule has 0 spiro atoms. The van der Waals surface area contributed by atoms with Gasteiger partial charge < -0.3 is 48.2 Å². The van der Waals surface area contributed by atoms with Crippen LogP contribution in [0.15, 0.2) is 177 Å². The molecule has 598 valence electrons. The summed E-state index contributed by atoms with van der Waals surface area (Å²) in [6.45, 7) is 4.34. The monoisotopic (exact) mass is 1670 g/mol.